The number of phenolic OH excluding ortho intramolecular Hbond substituents is 1. The monoisotopic (exact) mass is 1130 g/mol. The molecule has 3 atom stereocenters. The predicted molar refractivity (Wildman–Crippen MR) is 306 cm³/mol. The fourth-order valence-electron chi connectivity index (χ4n) is 8.43. The first-order valence-corrected chi connectivity index (χ1v) is 26.7. The Labute approximate surface area is 470 Å². The molecular formula is C56H78N12O13. The average molecular weight is 1130 g/mol. The molecule has 25 nitrogen and oxygen atoms in total. The van der Waals surface area contributed by atoms with Gasteiger partial charge in [0, 0.05) is 29.7 Å². The Morgan fingerprint density at radius 3 is 1.12 bits per heavy atom. The van der Waals surface area contributed by atoms with Crippen molar-refractivity contribution in [3.05, 3.63) is 94.5 Å². The van der Waals surface area contributed by atoms with E-state index in [2.05, 4.69) is 37.2 Å². The van der Waals surface area contributed by atoms with Crippen molar-refractivity contribution in [2.75, 3.05) is 77.1 Å². The Kier molecular flexibility index (Phi) is 27.1. The third-order valence-corrected chi connectivity index (χ3v) is 12.8. The number of methoxy groups -OCH3 is 4. The Hall–Kier alpha value is -8.52. The molecule has 0 fully saturated rings. The molecule has 0 bridgehead atoms. The minimum atomic E-state index is -1.18. The van der Waals surface area contributed by atoms with Crippen LogP contribution in [0, 0.1) is 0 Å². The van der Waals surface area contributed by atoms with Gasteiger partial charge >= 0.3 is 0 Å². The molecule has 0 radical (unpaired) electrons. The van der Waals surface area contributed by atoms with Gasteiger partial charge in [0.05, 0.1) is 56.3 Å². The Bertz CT molecular complexity index is 2810. The number of nitrogens with one attached hydrogen (secondary N) is 7. The number of primary amides is 1. The number of nitrogens with two attached hydrogens (primary N) is 5. The molecule has 18 N–H and O–H groups in total. The Balaban J connectivity index is 1.56. The molecule has 0 saturated carbocycles. The number of ether oxygens (including phenoxy) is 4. The minimum absolute atomic E-state index is 0.0316. The minimum Gasteiger partial charge on any atom is -0.507 e. The lowest BCUT2D eigenvalue weighted by Crippen LogP contribution is -2.44. The molecule has 81 heavy (non-hydrogen) atoms. The average Bonchev–Trinajstić information content (AvgIpc) is 3.46. The number of carbonyl (C=O) groups excluding carboxylic acids is 8. The highest BCUT2D eigenvalue weighted by molar-refractivity contribution is 6.08. The van der Waals surface area contributed by atoms with Crippen LogP contribution < -0.4 is 84.8 Å². The second-order valence-corrected chi connectivity index (χ2v) is 18.7. The summed E-state index contributed by atoms with van der Waals surface area (Å²) in [6.45, 7) is 1.79. The number of hydrogen-bond acceptors (Lipinski definition) is 17. The van der Waals surface area contributed by atoms with Gasteiger partial charge in [0.2, 0.25) is 17.7 Å². The predicted octanol–water partition coefficient (Wildman–Crippen LogP) is 2.98. The van der Waals surface area contributed by atoms with Crippen molar-refractivity contribution in [1.82, 2.24) is 21.3 Å². The van der Waals surface area contributed by atoms with Crippen LogP contribution in [0.5, 0.6) is 28.7 Å². The van der Waals surface area contributed by atoms with Gasteiger partial charge in [0.1, 0.15) is 46.9 Å². The van der Waals surface area contributed by atoms with Crippen molar-refractivity contribution in [2.45, 2.75) is 95.2 Å². The molecule has 0 spiro atoms. The molecule has 0 aliphatic heterocycles. The molecule has 0 heterocycles. The summed E-state index contributed by atoms with van der Waals surface area (Å²) >= 11 is 0. The zero-order chi connectivity index (χ0) is 59.4. The van der Waals surface area contributed by atoms with E-state index in [1.807, 2.05) is 0 Å². The van der Waals surface area contributed by atoms with Gasteiger partial charge in [0.15, 0.2) is 0 Å². The van der Waals surface area contributed by atoms with Gasteiger partial charge in [-0.05, 0) is 157 Å². The number of hydrogen-bond donors (Lipinski definition) is 13. The zero-order valence-electron chi connectivity index (χ0n) is 46.3. The fourth-order valence-corrected chi connectivity index (χ4v) is 8.43. The summed E-state index contributed by atoms with van der Waals surface area (Å²) in [6, 6.07) is 11.8. The highest BCUT2D eigenvalue weighted by atomic mass is 16.5. The van der Waals surface area contributed by atoms with Crippen LogP contribution in [0.1, 0.15) is 129 Å². The molecule has 8 amide bonds. The number of amides is 8. The quantitative estimate of drug-likeness (QED) is 0.0295. The lowest BCUT2D eigenvalue weighted by atomic mass is 10.0. The van der Waals surface area contributed by atoms with Gasteiger partial charge < -0.3 is 89.9 Å². The molecule has 0 aliphatic carbocycles. The molecule has 3 unspecified atom stereocenters. The van der Waals surface area contributed by atoms with Gasteiger partial charge in [-0.1, -0.05) is 6.42 Å². The number of aromatic hydroxyl groups is 1. The number of anilines is 3. The second kappa shape index (κ2) is 33.8. The lowest BCUT2D eigenvalue weighted by Gasteiger charge is -2.22. The number of carbonyl (C=O) groups is 8. The first-order valence-electron chi connectivity index (χ1n) is 26.7. The van der Waals surface area contributed by atoms with Crippen molar-refractivity contribution < 1.29 is 62.4 Å². The smallest absolute Gasteiger partial charge is 0.255 e. The van der Waals surface area contributed by atoms with E-state index in [1.54, 1.807) is 0 Å². The van der Waals surface area contributed by atoms with E-state index in [-0.39, 0.29) is 87.1 Å². The lowest BCUT2D eigenvalue weighted by molar-refractivity contribution is -0.118. The van der Waals surface area contributed by atoms with Crippen LogP contribution in [-0.2, 0) is 14.4 Å². The van der Waals surface area contributed by atoms with Gasteiger partial charge in [0.25, 0.3) is 29.5 Å². The van der Waals surface area contributed by atoms with E-state index in [0.717, 1.165) is 18.9 Å². The number of benzene rings is 4. The topological polar surface area (TPSA) is 408 Å². The van der Waals surface area contributed by atoms with E-state index in [4.69, 9.17) is 47.6 Å². The van der Waals surface area contributed by atoms with Crippen molar-refractivity contribution in [2.24, 2.45) is 28.7 Å². The Morgan fingerprint density at radius 2 is 0.765 bits per heavy atom. The summed E-state index contributed by atoms with van der Waals surface area (Å²) in [5.41, 5.74) is 28.5. The second-order valence-electron chi connectivity index (χ2n) is 18.7. The van der Waals surface area contributed by atoms with Crippen molar-refractivity contribution in [3.8, 4) is 28.7 Å². The van der Waals surface area contributed by atoms with E-state index >= 15 is 0 Å². The van der Waals surface area contributed by atoms with E-state index in [1.165, 1.54) is 89.1 Å². The third kappa shape index (κ3) is 19.7. The summed E-state index contributed by atoms with van der Waals surface area (Å²) in [5, 5.41) is 29.9. The summed E-state index contributed by atoms with van der Waals surface area (Å²) in [5.74, 6) is -5.67. The molecule has 4 rings (SSSR count). The third-order valence-electron chi connectivity index (χ3n) is 12.8. The van der Waals surface area contributed by atoms with Gasteiger partial charge in [-0.2, -0.15) is 0 Å². The maximum atomic E-state index is 14.2. The summed E-state index contributed by atoms with van der Waals surface area (Å²) in [4.78, 5) is 109. The standard InChI is InChI=1S/C56H78N12O13/c1-78-45-20-17-33(28-37(45)49(61)70)63-54(75)41(14-6-10-24-58)66-51(72)38-29-34(18-21-46(38)79-2)64-55(76)42(15-7-11-25-59)67-52(73)39-30-35(19-22-47(39)80-3)65-56(77)43(16-8-12-26-60)68-53(74)40-31-36(44(69)32-48(40)81-4)50(71)62-27-13-5-9-23-57/h17-22,28-32,41-43,69H,5-16,23-27,57-60H2,1-4H3,(H2,61,70)(H,62,71)(H,63,75)(H,64,76)(H,65,77)(H,66,72)(H,67,73)(H,68,74). The maximum Gasteiger partial charge on any atom is 0.255 e. The molecule has 4 aromatic rings. The van der Waals surface area contributed by atoms with Crippen molar-refractivity contribution >= 4 is 64.3 Å². The van der Waals surface area contributed by atoms with Crippen LogP contribution >= 0.6 is 0 Å². The van der Waals surface area contributed by atoms with E-state index in [9.17, 15) is 43.5 Å². The molecule has 0 aromatic heterocycles. The van der Waals surface area contributed by atoms with Crippen LogP contribution in [0.15, 0.2) is 66.7 Å². The maximum absolute atomic E-state index is 14.2. The largest absolute Gasteiger partial charge is 0.507 e. The molecule has 4 aromatic carbocycles. The van der Waals surface area contributed by atoms with Crippen LogP contribution in [0.4, 0.5) is 17.1 Å². The molecular weight excluding hydrogens is 1050 g/mol. The molecule has 25 heteroatoms. The molecule has 0 aliphatic rings. The van der Waals surface area contributed by atoms with Crippen LogP contribution in [0.3, 0.4) is 0 Å². The first-order chi connectivity index (χ1) is 39.0. The van der Waals surface area contributed by atoms with E-state index in [0.29, 0.717) is 77.7 Å². The summed E-state index contributed by atoms with van der Waals surface area (Å²) in [7, 11) is 5.33. The van der Waals surface area contributed by atoms with Gasteiger partial charge in [-0.25, -0.2) is 0 Å². The summed E-state index contributed by atoms with van der Waals surface area (Å²) < 4.78 is 21.6. The van der Waals surface area contributed by atoms with Crippen LogP contribution in [0.25, 0.3) is 0 Å². The first kappa shape index (κ1) is 65.0. The SMILES string of the molecule is COc1ccc(NC(=O)C(CCCCN)NC(=O)c2cc(NC(=O)C(CCCCN)NC(=O)c3cc(NC(=O)C(CCCCN)NC(=O)c4cc(C(=O)NCCCCCN)c(O)cc4OC)ccc3OC)ccc2OC)cc1C(N)=O. The fraction of sp³-hybridized carbons (Fsp3) is 0.429. The molecule has 440 valence electrons. The highest BCUT2D eigenvalue weighted by Crippen LogP contribution is 2.30. The zero-order valence-corrected chi connectivity index (χ0v) is 46.3. The van der Waals surface area contributed by atoms with Gasteiger partial charge in [-0.15, -0.1) is 0 Å². The number of phenols is 1. The number of rotatable bonds is 35. The van der Waals surface area contributed by atoms with Crippen LogP contribution in [-0.4, -0.2) is 132 Å². The highest BCUT2D eigenvalue weighted by Gasteiger charge is 2.29. The van der Waals surface area contributed by atoms with E-state index < -0.39 is 71.1 Å². The van der Waals surface area contributed by atoms with Crippen molar-refractivity contribution in [3.63, 3.8) is 0 Å². The normalized spacial score (nSPS) is 11.9. The molecule has 0 saturated heterocycles. The number of unbranched alkanes of at least 4 members (excludes halogenated alkanes) is 5. The summed E-state index contributed by atoms with van der Waals surface area (Å²) in [6.07, 6.45) is 5.57. The van der Waals surface area contributed by atoms with Crippen molar-refractivity contribution in [1.29, 1.82) is 0 Å². The van der Waals surface area contributed by atoms with Crippen LogP contribution in [0.2, 0.25) is 0 Å². The Morgan fingerprint density at radius 1 is 0.420 bits per heavy atom. The van der Waals surface area contributed by atoms with Gasteiger partial charge in [-0.3, -0.25) is 38.4 Å².